The van der Waals surface area contributed by atoms with Gasteiger partial charge in [-0.3, -0.25) is 4.79 Å². The van der Waals surface area contributed by atoms with E-state index in [9.17, 15) is 4.79 Å². The summed E-state index contributed by atoms with van der Waals surface area (Å²) >= 11 is 1.59. The van der Waals surface area contributed by atoms with Crippen LogP contribution in [0.4, 0.5) is 5.69 Å². The van der Waals surface area contributed by atoms with Gasteiger partial charge in [0.15, 0.2) is 6.61 Å². The van der Waals surface area contributed by atoms with E-state index in [4.69, 9.17) is 4.74 Å². The van der Waals surface area contributed by atoms with Gasteiger partial charge in [0.2, 0.25) is 5.88 Å². The first-order chi connectivity index (χ1) is 13.8. The lowest BCUT2D eigenvalue weighted by Crippen LogP contribution is -2.21. The molecule has 4 aromatic rings. The molecule has 28 heavy (non-hydrogen) atoms. The van der Waals surface area contributed by atoms with Gasteiger partial charge in [-0.05, 0) is 30.3 Å². The molecular formula is C22H17N3O2S. The molecule has 3 aromatic carbocycles. The van der Waals surface area contributed by atoms with Gasteiger partial charge in [-0.1, -0.05) is 60.3 Å². The number of nitrogens with zero attached hydrogens (tertiary/aromatic N) is 2. The molecule has 1 aromatic heterocycles. The molecule has 0 aliphatic carbocycles. The van der Waals surface area contributed by atoms with Crippen molar-refractivity contribution in [1.82, 2.24) is 10.2 Å². The van der Waals surface area contributed by atoms with E-state index < -0.39 is 0 Å². The highest BCUT2D eigenvalue weighted by atomic mass is 32.2. The second kappa shape index (κ2) is 8.54. The van der Waals surface area contributed by atoms with E-state index in [1.165, 1.54) is 0 Å². The summed E-state index contributed by atoms with van der Waals surface area (Å²) in [6.07, 6.45) is 1.67. The Hall–Kier alpha value is -3.38. The highest BCUT2D eigenvalue weighted by Crippen LogP contribution is 2.33. The number of anilines is 1. The molecule has 0 bridgehead atoms. The van der Waals surface area contributed by atoms with Crippen molar-refractivity contribution in [3.8, 4) is 5.88 Å². The minimum Gasteiger partial charge on any atom is -0.466 e. The molecule has 0 aliphatic heterocycles. The fraction of sp³-hybridized carbons (Fsp3) is 0.0455. The molecule has 0 fully saturated rings. The van der Waals surface area contributed by atoms with Crippen molar-refractivity contribution < 1.29 is 9.53 Å². The SMILES string of the molecule is O=C(COc1nncc2ccccc12)Nc1ccccc1Sc1ccccc1. The molecular weight excluding hydrogens is 370 g/mol. The molecule has 0 radical (unpaired) electrons. The van der Waals surface area contributed by atoms with Crippen LogP contribution in [-0.4, -0.2) is 22.7 Å². The predicted octanol–water partition coefficient (Wildman–Crippen LogP) is 4.80. The van der Waals surface area contributed by atoms with Crippen LogP contribution in [0.15, 0.2) is 94.9 Å². The van der Waals surface area contributed by atoms with Crippen LogP contribution in [0.1, 0.15) is 0 Å². The minimum absolute atomic E-state index is 0.146. The summed E-state index contributed by atoms with van der Waals surface area (Å²) in [5.41, 5.74) is 0.744. The predicted molar refractivity (Wildman–Crippen MR) is 111 cm³/mol. The van der Waals surface area contributed by atoms with Gasteiger partial charge >= 0.3 is 0 Å². The number of rotatable bonds is 6. The second-order valence-electron chi connectivity index (χ2n) is 5.99. The molecule has 6 heteroatoms. The van der Waals surface area contributed by atoms with E-state index >= 15 is 0 Å². The van der Waals surface area contributed by atoms with Crippen LogP contribution >= 0.6 is 11.8 Å². The molecule has 0 saturated carbocycles. The Balaban J connectivity index is 1.44. The molecule has 1 amide bonds. The fourth-order valence-electron chi connectivity index (χ4n) is 2.70. The third-order valence-electron chi connectivity index (χ3n) is 4.01. The molecule has 0 aliphatic rings. The number of para-hydroxylation sites is 1. The minimum atomic E-state index is -0.254. The van der Waals surface area contributed by atoms with Gasteiger partial charge in [-0.25, -0.2) is 0 Å². The van der Waals surface area contributed by atoms with E-state index in [0.717, 1.165) is 26.3 Å². The summed E-state index contributed by atoms with van der Waals surface area (Å²) in [5.74, 6) is 0.0936. The number of aromatic nitrogens is 2. The van der Waals surface area contributed by atoms with Gasteiger partial charge in [-0.15, -0.1) is 5.10 Å². The molecule has 0 saturated heterocycles. The third-order valence-corrected chi connectivity index (χ3v) is 5.09. The maximum absolute atomic E-state index is 12.4. The van der Waals surface area contributed by atoms with Gasteiger partial charge in [-0.2, -0.15) is 5.10 Å². The number of fused-ring (bicyclic) bond motifs is 1. The lowest BCUT2D eigenvalue weighted by Gasteiger charge is -2.11. The average molecular weight is 387 g/mol. The Kier molecular flexibility index (Phi) is 5.49. The zero-order valence-electron chi connectivity index (χ0n) is 14.9. The van der Waals surface area contributed by atoms with Crippen molar-refractivity contribution in [2.24, 2.45) is 0 Å². The lowest BCUT2D eigenvalue weighted by molar-refractivity contribution is -0.118. The molecule has 1 N–H and O–H groups in total. The molecule has 0 unspecified atom stereocenters. The Morgan fingerprint density at radius 3 is 2.57 bits per heavy atom. The monoisotopic (exact) mass is 387 g/mol. The van der Waals surface area contributed by atoms with Crippen molar-refractivity contribution in [1.29, 1.82) is 0 Å². The van der Waals surface area contributed by atoms with Crippen molar-refractivity contribution >= 4 is 34.1 Å². The van der Waals surface area contributed by atoms with Crippen LogP contribution < -0.4 is 10.1 Å². The Labute approximate surface area is 166 Å². The third kappa shape index (κ3) is 4.29. The summed E-state index contributed by atoms with van der Waals surface area (Å²) in [6, 6.07) is 25.3. The van der Waals surface area contributed by atoms with Gasteiger partial charge in [0.25, 0.3) is 5.91 Å². The summed E-state index contributed by atoms with van der Waals surface area (Å²) in [6.45, 7) is -0.146. The van der Waals surface area contributed by atoms with Crippen LogP contribution in [0, 0.1) is 0 Å². The van der Waals surface area contributed by atoms with E-state index in [2.05, 4.69) is 15.5 Å². The summed E-state index contributed by atoms with van der Waals surface area (Å²) in [4.78, 5) is 14.5. The molecule has 138 valence electrons. The number of carbonyl (C=O) groups excluding carboxylic acids is 1. The first-order valence-corrected chi connectivity index (χ1v) is 9.56. The number of hydrogen-bond donors (Lipinski definition) is 1. The van der Waals surface area contributed by atoms with E-state index in [-0.39, 0.29) is 12.5 Å². The number of carbonyl (C=O) groups is 1. The molecule has 5 nitrogen and oxygen atoms in total. The summed E-state index contributed by atoms with van der Waals surface area (Å²) < 4.78 is 5.62. The Morgan fingerprint density at radius 1 is 0.929 bits per heavy atom. The summed E-state index contributed by atoms with van der Waals surface area (Å²) in [7, 11) is 0. The molecule has 0 atom stereocenters. The van der Waals surface area contributed by atoms with Crippen LogP contribution in [0.25, 0.3) is 10.8 Å². The van der Waals surface area contributed by atoms with Crippen molar-refractivity contribution in [2.45, 2.75) is 9.79 Å². The Morgan fingerprint density at radius 2 is 1.68 bits per heavy atom. The van der Waals surface area contributed by atoms with E-state index in [1.54, 1.807) is 18.0 Å². The van der Waals surface area contributed by atoms with Gasteiger partial charge in [0.05, 0.1) is 11.9 Å². The zero-order valence-corrected chi connectivity index (χ0v) is 15.7. The highest BCUT2D eigenvalue weighted by molar-refractivity contribution is 7.99. The normalized spacial score (nSPS) is 10.6. The second-order valence-corrected chi connectivity index (χ2v) is 7.10. The quantitative estimate of drug-likeness (QED) is 0.515. The Bertz CT molecular complexity index is 1100. The zero-order chi connectivity index (χ0) is 19.2. The molecule has 1 heterocycles. The number of nitrogens with one attached hydrogen (secondary N) is 1. The summed E-state index contributed by atoms with van der Waals surface area (Å²) in [5, 5.41) is 12.6. The van der Waals surface area contributed by atoms with Crippen LogP contribution in [0.3, 0.4) is 0 Å². The standard InChI is InChI=1S/C22H17N3O2S/c26-21(15-27-22-18-11-5-4-8-16(18)14-23-25-22)24-19-12-6-7-13-20(19)28-17-9-2-1-3-10-17/h1-14H,15H2,(H,24,26). The number of ether oxygens (including phenoxy) is 1. The fourth-order valence-corrected chi connectivity index (χ4v) is 3.63. The number of benzene rings is 3. The maximum atomic E-state index is 12.4. The smallest absolute Gasteiger partial charge is 0.262 e. The molecule has 4 rings (SSSR count). The van der Waals surface area contributed by atoms with Crippen LogP contribution in [0.5, 0.6) is 5.88 Å². The van der Waals surface area contributed by atoms with Crippen LogP contribution in [0.2, 0.25) is 0 Å². The largest absolute Gasteiger partial charge is 0.466 e. The molecule has 0 spiro atoms. The average Bonchev–Trinajstić information content (AvgIpc) is 2.74. The number of hydrogen-bond acceptors (Lipinski definition) is 5. The van der Waals surface area contributed by atoms with Crippen LogP contribution in [-0.2, 0) is 4.79 Å². The van der Waals surface area contributed by atoms with Gasteiger partial charge < -0.3 is 10.1 Å². The maximum Gasteiger partial charge on any atom is 0.262 e. The van der Waals surface area contributed by atoms with Crippen molar-refractivity contribution in [3.63, 3.8) is 0 Å². The van der Waals surface area contributed by atoms with E-state index in [1.807, 2.05) is 78.9 Å². The van der Waals surface area contributed by atoms with Gasteiger partial charge in [0, 0.05) is 20.6 Å². The topological polar surface area (TPSA) is 64.1 Å². The van der Waals surface area contributed by atoms with E-state index in [0.29, 0.717) is 5.88 Å². The first kappa shape index (κ1) is 18.0. The van der Waals surface area contributed by atoms with Crippen molar-refractivity contribution in [2.75, 3.05) is 11.9 Å². The van der Waals surface area contributed by atoms with Crippen molar-refractivity contribution in [3.05, 3.63) is 85.1 Å². The first-order valence-electron chi connectivity index (χ1n) is 8.74. The highest BCUT2D eigenvalue weighted by Gasteiger charge is 2.11. The number of amides is 1. The lowest BCUT2D eigenvalue weighted by atomic mass is 10.2. The van der Waals surface area contributed by atoms with Gasteiger partial charge in [0.1, 0.15) is 0 Å².